The molecule has 1 saturated carbocycles. The number of aliphatic hydroxyl groups is 1. The highest BCUT2D eigenvalue weighted by Crippen LogP contribution is 2.37. The number of benzene rings is 1. The van der Waals surface area contributed by atoms with Crippen LogP contribution in [-0.2, 0) is 17.6 Å². The zero-order chi connectivity index (χ0) is 22.9. The lowest BCUT2D eigenvalue weighted by molar-refractivity contribution is -0.115. The summed E-state index contributed by atoms with van der Waals surface area (Å²) in [6.45, 7) is 4.06. The van der Waals surface area contributed by atoms with Gasteiger partial charge in [0.2, 0.25) is 0 Å². The Morgan fingerprint density at radius 2 is 1.97 bits per heavy atom. The zero-order valence-corrected chi connectivity index (χ0v) is 18.7. The first-order chi connectivity index (χ1) is 15.3. The van der Waals surface area contributed by atoms with Crippen molar-refractivity contribution in [1.29, 1.82) is 0 Å². The predicted molar refractivity (Wildman–Crippen MR) is 120 cm³/mol. The molecule has 32 heavy (non-hydrogen) atoms. The standard InChI is InChI=1S/C25H28N2O5/c1-25(2)13-20(30)24-17(27-32-22(24)14-25)11-12-19(29)23-16(8-6-9-18(23)28)26-15-7-4-5-10-21(15)31-3/h4-5,7,10,29H,6,8-9,11-14H2,1-3H3. The summed E-state index contributed by atoms with van der Waals surface area (Å²) in [5, 5.41) is 15.0. The number of allylic oxidation sites excluding steroid dienone is 2. The van der Waals surface area contributed by atoms with E-state index in [-0.39, 0.29) is 34.7 Å². The predicted octanol–water partition coefficient (Wildman–Crippen LogP) is 5.11. The van der Waals surface area contributed by atoms with E-state index in [1.165, 1.54) is 0 Å². The number of hydrogen-bond acceptors (Lipinski definition) is 7. The summed E-state index contributed by atoms with van der Waals surface area (Å²) in [6, 6.07) is 7.32. The molecule has 0 radical (unpaired) electrons. The lowest BCUT2D eigenvalue weighted by atomic mass is 9.76. The van der Waals surface area contributed by atoms with E-state index in [9.17, 15) is 14.7 Å². The Kier molecular flexibility index (Phi) is 6.00. The average Bonchev–Trinajstić information content (AvgIpc) is 3.14. The number of rotatable bonds is 5. The molecule has 2 aliphatic carbocycles. The highest BCUT2D eigenvalue weighted by molar-refractivity contribution is 6.24. The van der Waals surface area contributed by atoms with Crippen molar-refractivity contribution in [3.8, 4) is 5.75 Å². The SMILES string of the molecule is COc1ccccc1N=C1CCCC(=O)C1=C(O)CCc1noc2c1C(=O)CC(C)(C)C2. The number of carbonyl (C=O) groups excluding carboxylic acids is 2. The molecule has 7 nitrogen and oxygen atoms in total. The van der Waals surface area contributed by atoms with E-state index < -0.39 is 0 Å². The molecule has 2 aliphatic rings. The quantitative estimate of drug-likeness (QED) is 0.516. The Labute approximate surface area is 187 Å². The van der Waals surface area contributed by atoms with E-state index in [1.54, 1.807) is 13.2 Å². The molecule has 1 heterocycles. The molecule has 0 aliphatic heterocycles. The minimum absolute atomic E-state index is 0.0202. The van der Waals surface area contributed by atoms with Crippen molar-refractivity contribution >= 4 is 23.0 Å². The summed E-state index contributed by atoms with van der Waals surface area (Å²) in [5.41, 5.74) is 2.38. The fourth-order valence-electron chi connectivity index (χ4n) is 4.49. The number of fused-ring (bicyclic) bond motifs is 1. The van der Waals surface area contributed by atoms with Crippen LogP contribution in [0.1, 0.15) is 67.8 Å². The van der Waals surface area contributed by atoms with Gasteiger partial charge in [-0.2, -0.15) is 0 Å². The second kappa shape index (κ2) is 8.73. The highest BCUT2D eigenvalue weighted by atomic mass is 16.5. The van der Waals surface area contributed by atoms with Crippen LogP contribution in [0.3, 0.4) is 0 Å². The third-order valence-corrected chi connectivity index (χ3v) is 6.00. The summed E-state index contributed by atoms with van der Waals surface area (Å²) in [5.74, 6) is 1.09. The lowest BCUT2D eigenvalue weighted by Crippen LogP contribution is -2.26. The Morgan fingerprint density at radius 1 is 1.19 bits per heavy atom. The van der Waals surface area contributed by atoms with E-state index in [4.69, 9.17) is 9.26 Å². The molecule has 1 fully saturated rings. The van der Waals surface area contributed by atoms with Crippen LogP contribution in [0.4, 0.5) is 5.69 Å². The number of para-hydroxylation sites is 2. The summed E-state index contributed by atoms with van der Waals surface area (Å²) in [6.07, 6.45) is 3.24. The molecule has 0 amide bonds. The monoisotopic (exact) mass is 436 g/mol. The molecular formula is C25H28N2O5. The summed E-state index contributed by atoms with van der Waals surface area (Å²) in [4.78, 5) is 30.0. The summed E-state index contributed by atoms with van der Waals surface area (Å²) in [7, 11) is 1.57. The molecule has 168 valence electrons. The van der Waals surface area contributed by atoms with Crippen molar-refractivity contribution in [2.75, 3.05) is 7.11 Å². The number of Topliss-reactive ketones (excluding diaryl/α,β-unsaturated/α-hetero) is 2. The van der Waals surface area contributed by atoms with Crippen molar-refractivity contribution < 1.29 is 24.0 Å². The van der Waals surface area contributed by atoms with Crippen LogP contribution in [0.5, 0.6) is 5.75 Å². The molecule has 4 rings (SSSR count). The first kappa shape index (κ1) is 22.0. The van der Waals surface area contributed by atoms with Gasteiger partial charge in [0.05, 0.1) is 29.7 Å². The van der Waals surface area contributed by atoms with Gasteiger partial charge in [0.25, 0.3) is 0 Å². The van der Waals surface area contributed by atoms with E-state index in [1.807, 2.05) is 32.0 Å². The van der Waals surface area contributed by atoms with Crippen LogP contribution in [0, 0.1) is 5.41 Å². The number of hydrogen-bond donors (Lipinski definition) is 1. The number of aromatic nitrogens is 1. The lowest BCUT2D eigenvalue weighted by Gasteiger charge is -2.26. The van der Waals surface area contributed by atoms with E-state index in [0.717, 1.165) is 0 Å². The molecule has 2 aromatic rings. The highest BCUT2D eigenvalue weighted by Gasteiger charge is 2.36. The number of aliphatic imine (C=N–C) groups is 1. The fraction of sp³-hybridized carbons (Fsp3) is 0.440. The van der Waals surface area contributed by atoms with Crippen LogP contribution < -0.4 is 4.74 Å². The minimum Gasteiger partial charge on any atom is -0.511 e. The van der Waals surface area contributed by atoms with E-state index >= 15 is 0 Å². The topological polar surface area (TPSA) is 102 Å². The van der Waals surface area contributed by atoms with Gasteiger partial charge in [-0.25, -0.2) is 4.99 Å². The Bertz CT molecular complexity index is 1120. The number of aliphatic hydroxyl groups excluding tert-OH is 1. The molecule has 1 N–H and O–H groups in total. The number of nitrogens with zero attached hydrogens (tertiary/aromatic N) is 2. The second-order valence-corrected chi connectivity index (χ2v) is 9.20. The van der Waals surface area contributed by atoms with Gasteiger partial charge in [-0.15, -0.1) is 0 Å². The van der Waals surface area contributed by atoms with Gasteiger partial charge in [-0.05, 0) is 30.4 Å². The molecule has 0 spiro atoms. The van der Waals surface area contributed by atoms with Gasteiger partial charge in [0.1, 0.15) is 23.0 Å². The molecule has 0 unspecified atom stereocenters. The summed E-state index contributed by atoms with van der Waals surface area (Å²) < 4.78 is 10.8. The van der Waals surface area contributed by atoms with Crippen LogP contribution in [0.15, 0.2) is 45.1 Å². The van der Waals surface area contributed by atoms with Crippen LogP contribution in [-0.4, -0.2) is 34.7 Å². The Balaban J connectivity index is 1.61. The maximum absolute atomic E-state index is 12.7. The van der Waals surface area contributed by atoms with E-state index in [2.05, 4.69) is 10.1 Å². The Morgan fingerprint density at radius 3 is 2.75 bits per heavy atom. The molecule has 1 aromatic heterocycles. The largest absolute Gasteiger partial charge is 0.511 e. The third kappa shape index (κ3) is 4.38. The molecule has 0 bridgehead atoms. The van der Waals surface area contributed by atoms with Gasteiger partial charge in [-0.1, -0.05) is 31.1 Å². The van der Waals surface area contributed by atoms with Gasteiger partial charge in [0.15, 0.2) is 11.6 Å². The van der Waals surface area contributed by atoms with E-state index in [0.29, 0.717) is 72.7 Å². The van der Waals surface area contributed by atoms with Crippen molar-refractivity contribution in [2.45, 2.75) is 58.8 Å². The molecule has 1 aromatic carbocycles. The zero-order valence-electron chi connectivity index (χ0n) is 18.7. The van der Waals surface area contributed by atoms with Crippen molar-refractivity contribution in [3.05, 3.63) is 52.6 Å². The molecular weight excluding hydrogens is 408 g/mol. The average molecular weight is 437 g/mol. The maximum Gasteiger partial charge on any atom is 0.168 e. The van der Waals surface area contributed by atoms with Crippen LogP contribution in [0.2, 0.25) is 0 Å². The number of carbonyl (C=O) groups is 2. The minimum atomic E-state index is -0.149. The van der Waals surface area contributed by atoms with Crippen molar-refractivity contribution in [2.24, 2.45) is 10.4 Å². The van der Waals surface area contributed by atoms with Crippen LogP contribution in [0.25, 0.3) is 0 Å². The molecule has 0 saturated heterocycles. The second-order valence-electron chi connectivity index (χ2n) is 9.20. The number of aryl methyl sites for hydroxylation is 1. The first-order valence-electron chi connectivity index (χ1n) is 11.0. The first-order valence-corrected chi connectivity index (χ1v) is 11.0. The number of methoxy groups -OCH3 is 1. The Hall–Kier alpha value is -3.22. The van der Waals surface area contributed by atoms with Gasteiger partial charge < -0.3 is 14.4 Å². The number of ketones is 2. The maximum atomic E-state index is 12.7. The van der Waals surface area contributed by atoms with Gasteiger partial charge in [0, 0.05) is 32.1 Å². The van der Waals surface area contributed by atoms with Crippen molar-refractivity contribution in [1.82, 2.24) is 5.16 Å². The molecule has 0 atom stereocenters. The number of ether oxygens (including phenoxy) is 1. The van der Waals surface area contributed by atoms with Gasteiger partial charge >= 0.3 is 0 Å². The smallest absolute Gasteiger partial charge is 0.168 e. The van der Waals surface area contributed by atoms with Crippen molar-refractivity contribution in [3.63, 3.8) is 0 Å². The van der Waals surface area contributed by atoms with Gasteiger partial charge in [-0.3, -0.25) is 9.59 Å². The fourth-order valence-corrected chi connectivity index (χ4v) is 4.49. The third-order valence-electron chi connectivity index (χ3n) is 6.00. The summed E-state index contributed by atoms with van der Waals surface area (Å²) >= 11 is 0. The van der Waals surface area contributed by atoms with Crippen LogP contribution >= 0.6 is 0 Å². The molecule has 7 heteroatoms. The normalized spacial score (nSPS) is 20.9.